The van der Waals surface area contributed by atoms with Crippen LogP contribution < -0.4 is 5.73 Å². The third-order valence-electron chi connectivity index (χ3n) is 2.79. The van der Waals surface area contributed by atoms with Crippen LogP contribution in [0.25, 0.3) is 0 Å². The molecule has 0 bridgehead atoms. The van der Waals surface area contributed by atoms with E-state index in [-0.39, 0.29) is 12.3 Å². The van der Waals surface area contributed by atoms with Crippen LogP contribution in [0.15, 0.2) is 41.3 Å². The standard InChI is InChI=1S/C14H12Cl2FNOS/c15-11-2-1-3-12(16)14(11)20(19)8-10-5-4-9(7-18)6-13(10)17/h1-6H,7-8,18H2. The second kappa shape index (κ2) is 6.68. The molecular formula is C14H12Cl2FNOS. The zero-order chi connectivity index (χ0) is 14.7. The summed E-state index contributed by atoms with van der Waals surface area (Å²) in [5.41, 5.74) is 6.47. The van der Waals surface area contributed by atoms with Gasteiger partial charge in [-0.3, -0.25) is 4.21 Å². The molecule has 6 heteroatoms. The van der Waals surface area contributed by atoms with Crippen molar-refractivity contribution in [2.75, 3.05) is 0 Å². The number of halogens is 3. The Hall–Kier alpha value is -0.940. The normalized spacial score (nSPS) is 12.4. The number of rotatable bonds is 4. The topological polar surface area (TPSA) is 43.1 Å². The number of benzene rings is 2. The quantitative estimate of drug-likeness (QED) is 0.923. The first-order chi connectivity index (χ1) is 9.52. The van der Waals surface area contributed by atoms with Gasteiger partial charge in [0.2, 0.25) is 0 Å². The van der Waals surface area contributed by atoms with Gasteiger partial charge in [0.1, 0.15) is 5.82 Å². The lowest BCUT2D eigenvalue weighted by Crippen LogP contribution is -2.03. The largest absolute Gasteiger partial charge is 0.326 e. The second-order valence-corrected chi connectivity index (χ2v) is 6.37. The third-order valence-corrected chi connectivity index (χ3v) is 5.11. The molecule has 0 spiro atoms. The van der Waals surface area contributed by atoms with Crippen molar-refractivity contribution in [3.05, 3.63) is 63.4 Å². The highest BCUT2D eigenvalue weighted by Gasteiger charge is 2.15. The molecule has 0 aliphatic carbocycles. The monoisotopic (exact) mass is 331 g/mol. The highest BCUT2D eigenvalue weighted by Crippen LogP contribution is 2.29. The van der Waals surface area contributed by atoms with E-state index >= 15 is 0 Å². The van der Waals surface area contributed by atoms with Crippen molar-refractivity contribution >= 4 is 34.0 Å². The highest BCUT2D eigenvalue weighted by atomic mass is 35.5. The van der Waals surface area contributed by atoms with Gasteiger partial charge in [-0.2, -0.15) is 0 Å². The lowest BCUT2D eigenvalue weighted by molar-refractivity contribution is 0.613. The van der Waals surface area contributed by atoms with Gasteiger partial charge in [0.15, 0.2) is 0 Å². The first-order valence-electron chi connectivity index (χ1n) is 5.82. The summed E-state index contributed by atoms with van der Waals surface area (Å²) < 4.78 is 26.2. The van der Waals surface area contributed by atoms with E-state index in [1.165, 1.54) is 6.07 Å². The molecular weight excluding hydrogens is 320 g/mol. The summed E-state index contributed by atoms with van der Waals surface area (Å²) in [6.45, 7) is 0.261. The van der Waals surface area contributed by atoms with Gasteiger partial charge < -0.3 is 5.73 Å². The zero-order valence-corrected chi connectivity index (χ0v) is 12.7. The smallest absolute Gasteiger partial charge is 0.127 e. The Balaban J connectivity index is 2.28. The van der Waals surface area contributed by atoms with Crippen LogP contribution in [-0.2, 0) is 23.1 Å². The maximum atomic E-state index is 13.9. The van der Waals surface area contributed by atoms with Gasteiger partial charge in [0.05, 0.1) is 31.5 Å². The number of nitrogens with two attached hydrogens (primary N) is 1. The Morgan fingerprint density at radius 2 is 1.80 bits per heavy atom. The van der Waals surface area contributed by atoms with Crippen LogP contribution in [0.3, 0.4) is 0 Å². The van der Waals surface area contributed by atoms with E-state index in [0.717, 1.165) is 0 Å². The van der Waals surface area contributed by atoms with Crippen molar-refractivity contribution in [2.24, 2.45) is 5.73 Å². The van der Waals surface area contributed by atoms with Crippen LogP contribution >= 0.6 is 23.2 Å². The fraction of sp³-hybridized carbons (Fsp3) is 0.143. The summed E-state index contributed by atoms with van der Waals surface area (Å²) in [4.78, 5) is 0.332. The SMILES string of the molecule is NCc1ccc(CS(=O)c2c(Cl)cccc2Cl)c(F)c1. The van der Waals surface area contributed by atoms with Crippen LogP contribution in [0.5, 0.6) is 0 Å². The first-order valence-corrected chi connectivity index (χ1v) is 7.90. The fourth-order valence-electron chi connectivity index (χ4n) is 1.75. The molecule has 0 radical (unpaired) electrons. The minimum atomic E-state index is -1.51. The molecule has 20 heavy (non-hydrogen) atoms. The Bertz CT molecular complexity index is 643. The molecule has 0 amide bonds. The average Bonchev–Trinajstić information content (AvgIpc) is 2.41. The lowest BCUT2D eigenvalue weighted by atomic mass is 10.1. The summed E-state index contributed by atoms with van der Waals surface area (Å²) in [5.74, 6) is -0.412. The third kappa shape index (κ3) is 3.38. The molecule has 0 aliphatic heterocycles. The van der Waals surface area contributed by atoms with E-state index < -0.39 is 16.6 Å². The van der Waals surface area contributed by atoms with Crippen LogP contribution in [0, 0.1) is 5.82 Å². The predicted molar refractivity (Wildman–Crippen MR) is 80.9 cm³/mol. The predicted octanol–water partition coefficient (Wildman–Crippen LogP) is 3.90. The van der Waals surface area contributed by atoms with Crippen LogP contribution in [-0.4, -0.2) is 4.21 Å². The van der Waals surface area contributed by atoms with E-state index in [1.54, 1.807) is 30.3 Å². The van der Waals surface area contributed by atoms with Gasteiger partial charge in [0.25, 0.3) is 0 Å². The lowest BCUT2D eigenvalue weighted by Gasteiger charge is -2.08. The van der Waals surface area contributed by atoms with Crippen molar-refractivity contribution < 1.29 is 8.60 Å². The number of hydrogen-bond donors (Lipinski definition) is 1. The minimum Gasteiger partial charge on any atom is -0.326 e. The van der Waals surface area contributed by atoms with E-state index in [1.807, 2.05) is 0 Å². The highest BCUT2D eigenvalue weighted by molar-refractivity contribution is 7.84. The summed E-state index contributed by atoms with van der Waals surface area (Å²) in [6.07, 6.45) is 0. The van der Waals surface area contributed by atoms with E-state index in [0.29, 0.717) is 26.1 Å². The van der Waals surface area contributed by atoms with Gasteiger partial charge in [-0.05, 0) is 23.8 Å². The molecule has 2 aromatic rings. The Morgan fingerprint density at radius 1 is 1.15 bits per heavy atom. The maximum Gasteiger partial charge on any atom is 0.127 e. The molecule has 2 aromatic carbocycles. The molecule has 0 heterocycles. The summed E-state index contributed by atoms with van der Waals surface area (Å²) in [6, 6.07) is 9.52. The van der Waals surface area contributed by atoms with Crippen molar-refractivity contribution in [2.45, 2.75) is 17.2 Å². The Morgan fingerprint density at radius 3 is 2.35 bits per heavy atom. The molecule has 2 rings (SSSR count). The van der Waals surface area contributed by atoms with Crippen LogP contribution in [0.2, 0.25) is 10.0 Å². The molecule has 0 fully saturated rings. The molecule has 0 saturated heterocycles. The van der Waals surface area contributed by atoms with Crippen molar-refractivity contribution in [1.82, 2.24) is 0 Å². The van der Waals surface area contributed by atoms with Crippen molar-refractivity contribution in [3.8, 4) is 0 Å². The number of hydrogen-bond acceptors (Lipinski definition) is 2. The molecule has 2 N–H and O–H groups in total. The molecule has 0 saturated carbocycles. The maximum absolute atomic E-state index is 13.9. The Labute approximate surface area is 129 Å². The van der Waals surface area contributed by atoms with Gasteiger partial charge >= 0.3 is 0 Å². The Kier molecular flexibility index (Phi) is 5.16. The summed E-state index contributed by atoms with van der Waals surface area (Å²) >= 11 is 12.0. The zero-order valence-electron chi connectivity index (χ0n) is 10.4. The van der Waals surface area contributed by atoms with E-state index in [2.05, 4.69) is 0 Å². The molecule has 106 valence electrons. The second-order valence-electron chi connectivity index (χ2n) is 4.17. The van der Waals surface area contributed by atoms with Crippen LogP contribution in [0.1, 0.15) is 11.1 Å². The van der Waals surface area contributed by atoms with Crippen molar-refractivity contribution in [1.29, 1.82) is 0 Å². The average molecular weight is 332 g/mol. The van der Waals surface area contributed by atoms with Crippen LogP contribution in [0.4, 0.5) is 4.39 Å². The summed E-state index contributed by atoms with van der Waals surface area (Å²) in [5, 5.41) is 0.629. The summed E-state index contributed by atoms with van der Waals surface area (Å²) in [7, 11) is -1.51. The van der Waals surface area contributed by atoms with Gasteiger partial charge in [-0.25, -0.2) is 4.39 Å². The molecule has 0 aliphatic rings. The first kappa shape index (κ1) is 15.4. The fourth-order valence-corrected chi connectivity index (χ4v) is 3.89. The van der Waals surface area contributed by atoms with Gasteiger partial charge in [0, 0.05) is 12.1 Å². The molecule has 0 aromatic heterocycles. The van der Waals surface area contributed by atoms with E-state index in [9.17, 15) is 8.60 Å². The van der Waals surface area contributed by atoms with E-state index in [4.69, 9.17) is 28.9 Å². The van der Waals surface area contributed by atoms with Gasteiger partial charge in [-0.1, -0.05) is 41.4 Å². The van der Waals surface area contributed by atoms with Gasteiger partial charge in [-0.15, -0.1) is 0 Å². The molecule has 2 nitrogen and oxygen atoms in total. The molecule has 1 unspecified atom stereocenters. The molecule has 1 atom stereocenters. The van der Waals surface area contributed by atoms with Crippen molar-refractivity contribution in [3.63, 3.8) is 0 Å². The minimum absolute atomic E-state index is 0.0140.